The fourth-order valence-electron chi connectivity index (χ4n) is 13.9. The van der Waals surface area contributed by atoms with Gasteiger partial charge in [0.2, 0.25) is 47.4 Å². The Hall–Kier alpha value is -9.99. The van der Waals surface area contributed by atoms with Crippen LogP contribution in [0.2, 0.25) is 0 Å². The van der Waals surface area contributed by atoms with E-state index in [1.54, 1.807) is 88.6 Å². The van der Waals surface area contributed by atoms with Crippen molar-refractivity contribution in [1.82, 2.24) is 38.2 Å². The minimum atomic E-state index is -1.10. The summed E-state index contributed by atoms with van der Waals surface area (Å²) in [7, 11) is 0. The molecule has 6 aromatic carbocycles. The van der Waals surface area contributed by atoms with Crippen LogP contribution in [0.25, 0.3) is 55.5 Å². The molecule has 0 unspecified atom stereocenters. The van der Waals surface area contributed by atoms with E-state index >= 15 is 13.2 Å². The molecule has 3 fully saturated rings. The minimum Gasteiger partial charge on any atom is -0.481 e. The smallest absolute Gasteiger partial charge is 0.307 e. The Balaban J connectivity index is 0.000000160. The Morgan fingerprint density at radius 3 is 0.991 bits per heavy atom. The quantitative estimate of drug-likeness (QED) is 0.0330. The number of carboxylic acid groups (broad SMARTS) is 1. The summed E-state index contributed by atoms with van der Waals surface area (Å²) in [6.45, 7) is 31.5. The molecule has 0 bridgehead atoms. The molecule has 0 saturated heterocycles. The third-order valence-electron chi connectivity index (χ3n) is 19.6. The second kappa shape index (κ2) is 32.8. The van der Waals surface area contributed by atoms with Gasteiger partial charge in [-0.15, -0.1) is 0 Å². The number of nitrogens with zero attached hydrogens (tertiary/aromatic N) is 8. The number of nitrogens with one attached hydrogen (secondary N) is 4. The van der Waals surface area contributed by atoms with Crippen molar-refractivity contribution in [2.24, 2.45) is 27.6 Å². The van der Waals surface area contributed by atoms with Crippen LogP contribution < -0.4 is 21.3 Å². The molecule has 4 aromatic heterocycles. The van der Waals surface area contributed by atoms with Crippen molar-refractivity contribution < 1.29 is 70.7 Å². The van der Waals surface area contributed by atoms with Crippen LogP contribution in [0.15, 0.2) is 97.1 Å². The van der Waals surface area contributed by atoms with Crippen molar-refractivity contribution in [2.45, 2.75) is 236 Å². The van der Waals surface area contributed by atoms with Crippen LogP contribution in [0, 0.1) is 62.5 Å². The number of rotatable bonds is 20. The second-order valence-electron chi connectivity index (χ2n) is 36.5. The maximum Gasteiger partial charge on any atom is 0.307 e. The van der Waals surface area contributed by atoms with Crippen molar-refractivity contribution >= 4 is 97.5 Å². The van der Waals surface area contributed by atoms with Gasteiger partial charge in [0.25, 0.3) is 0 Å². The van der Waals surface area contributed by atoms with E-state index in [0.717, 1.165) is 44.9 Å². The number of anilines is 4. The molecule has 21 nitrogen and oxygen atoms in total. The summed E-state index contributed by atoms with van der Waals surface area (Å²) in [4.78, 5) is 78.8. The van der Waals surface area contributed by atoms with Gasteiger partial charge in [0.15, 0.2) is 23.3 Å². The molecule has 4 amide bonds. The van der Waals surface area contributed by atoms with Crippen LogP contribution in [-0.2, 0) is 49.7 Å². The van der Waals surface area contributed by atoms with Gasteiger partial charge >= 0.3 is 5.97 Å². The lowest BCUT2D eigenvalue weighted by molar-refractivity contribution is -0.136. The lowest BCUT2D eigenvalue weighted by atomic mass is 9.92. The number of imidazole rings is 4. The molecular formula is C86H106F6N12O9. The number of carbonyl (C=O) groups excluding carboxylic acids is 4. The zero-order valence-corrected chi connectivity index (χ0v) is 67.5. The van der Waals surface area contributed by atoms with Crippen LogP contribution in [0.5, 0.6) is 0 Å². The van der Waals surface area contributed by atoms with Crippen LogP contribution in [-0.4, -0.2) is 105 Å². The highest BCUT2D eigenvalue weighted by atomic mass is 19.1. The first-order valence-electron chi connectivity index (χ1n) is 38.3. The standard InChI is InChI=1S/C23H25F2N3O2.C23H27F2N3O2.C21H30FN3O2.C19H24FN3O3/c1-22(2)12-16(22)20(29)27-21-26-17-10-5-13(11-23(3,4)30)18(25)19(17)28(21)15-8-6-14(24)7-9-15;1-22(2,3)13-18(29)27-21-26-17-11-6-14(12-23(4,5)30)19(25)20(17)28(21)16-9-7-15(24)8-10-16;1-20(2,3)12-16(26)24-19-23-15-10-9-13(11-21(4,5)27)17(22)18(15)25(19)14-7-6-8-14;1-19(2,3)10-14(24)22-18-21-13-8-7-11(9-15(25)26)16(20)17(13)23(18)12-5-4-6-12/h5-10,16,30H,11-12H2,1-4H3,(H,26,27,29);6-11,30H,12-13H2,1-5H3,(H,26,27,29);9-10,14,27H,6-8,11-12H2,1-5H3,(H,23,24,26);7-8,12H,4-6,9-10H2,1-3H3,(H,25,26)(H,21,22,24)/t16-;;;/m1.../s1. The molecule has 3 aliphatic rings. The fraction of sp³-hybridized carbons (Fsp3) is 0.477. The molecular weight excluding hydrogens is 1460 g/mol. The number of amides is 4. The number of hydrogen-bond acceptors (Lipinski definition) is 12. The zero-order valence-electron chi connectivity index (χ0n) is 67.5. The minimum absolute atomic E-state index is 0.0675. The fourth-order valence-corrected chi connectivity index (χ4v) is 13.9. The normalized spacial score (nSPS) is 15.3. The summed E-state index contributed by atoms with van der Waals surface area (Å²) in [5, 5.41) is 50.7. The summed E-state index contributed by atoms with van der Waals surface area (Å²) in [6, 6.07) is 24.3. The number of aromatic nitrogens is 8. The van der Waals surface area contributed by atoms with Crippen LogP contribution in [0.4, 0.5) is 50.1 Å². The molecule has 0 radical (unpaired) electrons. The van der Waals surface area contributed by atoms with E-state index in [0.29, 0.717) is 80.4 Å². The van der Waals surface area contributed by atoms with E-state index in [-0.39, 0.29) is 135 Å². The summed E-state index contributed by atoms with van der Waals surface area (Å²) < 4.78 is 94.8. The first-order chi connectivity index (χ1) is 52.4. The molecule has 1 atom stereocenters. The summed E-state index contributed by atoms with van der Waals surface area (Å²) in [5.74, 6) is -3.66. The number of benzene rings is 6. The predicted molar refractivity (Wildman–Crippen MR) is 427 cm³/mol. The molecule has 113 heavy (non-hydrogen) atoms. The van der Waals surface area contributed by atoms with E-state index in [9.17, 15) is 52.5 Å². The first-order valence-corrected chi connectivity index (χ1v) is 38.3. The second-order valence-corrected chi connectivity index (χ2v) is 36.5. The Kier molecular flexibility index (Phi) is 24.8. The van der Waals surface area contributed by atoms with Crippen LogP contribution in [0.3, 0.4) is 0 Å². The predicted octanol–water partition coefficient (Wildman–Crippen LogP) is 18.1. The lowest BCUT2D eigenvalue weighted by Crippen LogP contribution is -2.25. The monoisotopic (exact) mass is 1560 g/mol. The van der Waals surface area contributed by atoms with Crippen molar-refractivity contribution in [1.29, 1.82) is 0 Å². The highest BCUT2D eigenvalue weighted by molar-refractivity contribution is 5.97. The van der Waals surface area contributed by atoms with Gasteiger partial charge in [0, 0.05) is 73.5 Å². The van der Waals surface area contributed by atoms with Crippen molar-refractivity contribution in [3.8, 4) is 11.4 Å². The largest absolute Gasteiger partial charge is 0.481 e. The van der Waals surface area contributed by atoms with Gasteiger partial charge < -0.3 is 29.6 Å². The van der Waals surface area contributed by atoms with E-state index in [4.69, 9.17) is 5.11 Å². The number of carbonyl (C=O) groups is 5. The van der Waals surface area contributed by atoms with Crippen LogP contribution >= 0.6 is 0 Å². The van der Waals surface area contributed by atoms with Gasteiger partial charge in [0.1, 0.15) is 33.7 Å². The summed E-state index contributed by atoms with van der Waals surface area (Å²) in [5.41, 5.74) is 1.09. The number of carboxylic acids is 1. The molecule has 0 aliphatic heterocycles. The molecule has 3 aliphatic carbocycles. The molecule has 3 saturated carbocycles. The number of hydrogen-bond donors (Lipinski definition) is 8. The number of fused-ring (bicyclic) bond motifs is 4. The highest BCUT2D eigenvalue weighted by Crippen LogP contribution is 2.52. The van der Waals surface area contributed by atoms with Crippen molar-refractivity contribution in [2.75, 3.05) is 21.3 Å². The third-order valence-corrected chi connectivity index (χ3v) is 19.6. The van der Waals surface area contributed by atoms with Gasteiger partial charge in [-0.3, -0.25) is 54.4 Å². The van der Waals surface area contributed by atoms with Gasteiger partial charge in [-0.05, 0) is 198 Å². The highest BCUT2D eigenvalue weighted by Gasteiger charge is 2.51. The Morgan fingerprint density at radius 1 is 0.416 bits per heavy atom. The van der Waals surface area contributed by atoms with E-state index in [1.165, 1.54) is 63.7 Å². The number of aliphatic carboxylic acids is 1. The molecule has 0 spiro atoms. The van der Waals surface area contributed by atoms with Crippen molar-refractivity contribution in [3.63, 3.8) is 0 Å². The van der Waals surface area contributed by atoms with Gasteiger partial charge in [-0.25, -0.2) is 46.3 Å². The topological polar surface area (TPSA) is 286 Å². The Labute approximate surface area is 654 Å². The van der Waals surface area contributed by atoms with Gasteiger partial charge in [-0.2, -0.15) is 0 Å². The maximum atomic E-state index is 15.5. The lowest BCUT2D eigenvalue weighted by Gasteiger charge is -2.29. The molecule has 8 N–H and O–H groups in total. The van der Waals surface area contributed by atoms with Gasteiger partial charge in [0.05, 0.1) is 45.3 Å². The van der Waals surface area contributed by atoms with Crippen molar-refractivity contribution in [3.05, 3.63) is 154 Å². The molecule has 606 valence electrons. The molecule has 13 rings (SSSR count). The first kappa shape index (κ1) is 85.4. The molecule has 27 heteroatoms. The van der Waals surface area contributed by atoms with Gasteiger partial charge in [-0.1, -0.05) is 100 Å². The van der Waals surface area contributed by atoms with E-state index in [1.807, 2.05) is 80.7 Å². The average molecular weight is 1570 g/mol. The Bertz CT molecular complexity index is 5200. The maximum absolute atomic E-state index is 15.5. The van der Waals surface area contributed by atoms with Crippen LogP contribution in [0.1, 0.15) is 216 Å². The van der Waals surface area contributed by atoms with E-state index < -0.39 is 51.9 Å². The number of aliphatic hydroxyl groups is 3. The summed E-state index contributed by atoms with van der Waals surface area (Å²) in [6.07, 6.45) is 7.57. The van der Waals surface area contributed by atoms with E-state index in [2.05, 4.69) is 41.2 Å². The molecule has 4 heterocycles. The third kappa shape index (κ3) is 21.7. The number of halogens is 6. The summed E-state index contributed by atoms with van der Waals surface area (Å²) >= 11 is 0. The zero-order chi connectivity index (χ0) is 83.2. The molecule has 10 aromatic rings. The average Bonchev–Trinajstić information content (AvgIpc) is 1.62. The SMILES string of the molecule is CC(C)(C)CC(=O)Nc1nc2ccc(CC(=O)O)c(F)c2n1C1CCC1.CC(C)(C)CC(=O)Nc1nc2ccc(CC(C)(C)O)c(F)c2n1-c1ccc(F)cc1.CC(C)(C)CC(=O)Nc1nc2ccc(CC(C)(C)O)c(F)c2n1C1CCC1.CC(C)(O)Cc1ccc2nc(NC(=O)[C@H]3CC3(C)C)n(-c3ccc(F)cc3)c2c1F. The Morgan fingerprint density at radius 2 is 0.699 bits per heavy atom.